The van der Waals surface area contributed by atoms with E-state index in [4.69, 9.17) is 4.74 Å². The number of carbonyl (C=O) groups excluding carboxylic acids is 1. The molecule has 0 saturated carbocycles. The molecule has 0 N–H and O–H groups in total. The van der Waals surface area contributed by atoms with Gasteiger partial charge in [-0.2, -0.15) is 0 Å². The number of aromatic nitrogens is 2. The average molecular weight is 312 g/mol. The van der Waals surface area contributed by atoms with Gasteiger partial charge in [0, 0.05) is 19.7 Å². The third kappa shape index (κ3) is 3.26. The quantitative estimate of drug-likeness (QED) is 0.871. The highest BCUT2D eigenvalue weighted by Gasteiger charge is 2.29. The Morgan fingerprint density at radius 1 is 1.22 bits per heavy atom. The highest BCUT2D eigenvalue weighted by molar-refractivity contribution is 5.69. The number of carbonyl (C=O) groups is 1. The van der Waals surface area contributed by atoms with Gasteiger partial charge in [-0.05, 0) is 12.5 Å². The largest absolute Gasteiger partial charge is 0.445 e. The van der Waals surface area contributed by atoms with Gasteiger partial charge in [-0.3, -0.25) is 4.90 Å². The fourth-order valence-electron chi connectivity index (χ4n) is 2.67. The fourth-order valence-corrected chi connectivity index (χ4v) is 2.67. The summed E-state index contributed by atoms with van der Waals surface area (Å²) >= 11 is 0. The van der Waals surface area contributed by atoms with Crippen LogP contribution in [0.4, 0.5) is 10.6 Å². The molecule has 0 spiro atoms. The molecule has 1 amide bonds. The minimum atomic E-state index is -0.325. The summed E-state index contributed by atoms with van der Waals surface area (Å²) < 4.78 is 5.40. The molecule has 1 aromatic heterocycles. The molecular formula is C17H20N4O2. The fraction of sp³-hybridized carbons (Fsp3) is 0.353. The SMILES string of the molecule is Cc1nc2c(c(N(C)C)n1)CN(C(=O)OCc1ccccc1)C2. The molecule has 0 saturated heterocycles. The van der Waals surface area contributed by atoms with Crippen LogP contribution in [-0.4, -0.2) is 35.1 Å². The maximum Gasteiger partial charge on any atom is 0.410 e. The van der Waals surface area contributed by atoms with Crippen LogP contribution in [0.25, 0.3) is 0 Å². The zero-order chi connectivity index (χ0) is 16.4. The van der Waals surface area contributed by atoms with Gasteiger partial charge in [0.25, 0.3) is 0 Å². The lowest BCUT2D eigenvalue weighted by molar-refractivity contribution is 0.0953. The molecule has 6 heteroatoms. The molecule has 2 aromatic rings. The summed E-state index contributed by atoms with van der Waals surface area (Å²) in [6.07, 6.45) is -0.325. The highest BCUT2D eigenvalue weighted by atomic mass is 16.6. The number of fused-ring (bicyclic) bond motifs is 1. The molecule has 0 unspecified atom stereocenters. The normalized spacial score (nSPS) is 12.9. The third-order valence-electron chi connectivity index (χ3n) is 3.76. The van der Waals surface area contributed by atoms with Gasteiger partial charge in [-0.25, -0.2) is 14.8 Å². The minimum Gasteiger partial charge on any atom is -0.445 e. The van der Waals surface area contributed by atoms with Gasteiger partial charge in [0.05, 0.1) is 18.8 Å². The molecule has 1 aliphatic heterocycles. The first-order valence-corrected chi connectivity index (χ1v) is 7.54. The van der Waals surface area contributed by atoms with Crippen LogP contribution >= 0.6 is 0 Å². The van der Waals surface area contributed by atoms with Crippen LogP contribution in [0.3, 0.4) is 0 Å². The molecule has 2 heterocycles. The standard InChI is InChI=1S/C17H20N4O2/c1-12-18-15-10-21(9-14(15)16(19-12)20(2)3)17(22)23-11-13-7-5-4-6-8-13/h4-8H,9-11H2,1-3H3. The van der Waals surface area contributed by atoms with Crippen LogP contribution in [-0.2, 0) is 24.4 Å². The molecule has 23 heavy (non-hydrogen) atoms. The van der Waals surface area contributed by atoms with E-state index < -0.39 is 0 Å². The summed E-state index contributed by atoms with van der Waals surface area (Å²) in [6, 6.07) is 9.66. The van der Waals surface area contributed by atoms with Crippen molar-refractivity contribution in [3.05, 3.63) is 53.0 Å². The first-order valence-electron chi connectivity index (χ1n) is 7.54. The lowest BCUT2D eigenvalue weighted by Crippen LogP contribution is -2.26. The van der Waals surface area contributed by atoms with E-state index in [0.717, 1.165) is 22.6 Å². The molecule has 1 aliphatic rings. The Balaban J connectivity index is 1.69. The van der Waals surface area contributed by atoms with E-state index in [1.165, 1.54) is 0 Å². The van der Waals surface area contributed by atoms with Crippen molar-refractivity contribution < 1.29 is 9.53 Å². The van der Waals surface area contributed by atoms with Gasteiger partial charge in [0.1, 0.15) is 18.2 Å². The first kappa shape index (κ1) is 15.3. The maximum absolute atomic E-state index is 12.3. The molecule has 0 aliphatic carbocycles. The average Bonchev–Trinajstić information content (AvgIpc) is 2.96. The van der Waals surface area contributed by atoms with Crippen molar-refractivity contribution in [3.63, 3.8) is 0 Å². The van der Waals surface area contributed by atoms with Crippen LogP contribution in [0.5, 0.6) is 0 Å². The van der Waals surface area contributed by atoms with E-state index in [2.05, 4.69) is 9.97 Å². The summed E-state index contributed by atoms with van der Waals surface area (Å²) in [5.41, 5.74) is 2.87. The van der Waals surface area contributed by atoms with Crippen molar-refractivity contribution in [2.24, 2.45) is 0 Å². The van der Waals surface area contributed by atoms with Gasteiger partial charge in [0.15, 0.2) is 0 Å². The predicted molar refractivity (Wildman–Crippen MR) is 87.0 cm³/mol. The number of hydrogen-bond donors (Lipinski definition) is 0. The van der Waals surface area contributed by atoms with Crippen LogP contribution in [0, 0.1) is 6.92 Å². The van der Waals surface area contributed by atoms with E-state index in [-0.39, 0.29) is 12.7 Å². The van der Waals surface area contributed by atoms with Gasteiger partial charge in [-0.15, -0.1) is 0 Å². The summed E-state index contributed by atoms with van der Waals surface area (Å²) in [7, 11) is 3.89. The van der Waals surface area contributed by atoms with Gasteiger partial charge >= 0.3 is 6.09 Å². The Kier molecular flexibility index (Phi) is 4.14. The Morgan fingerprint density at radius 3 is 2.65 bits per heavy atom. The zero-order valence-corrected chi connectivity index (χ0v) is 13.6. The Morgan fingerprint density at radius 2 is 1.96 bits per heavy atom. The van der Waals surface area contributed by atoms with Crippen molar-refractivity contribution in [2.45, 2.75) is 26.6 Å². The number of ether oxygens (including phenoxy) is 1. The number of amides is 1. The lowest BCUT2D eigenvalue weighted by Gasteiger charge is -2.17. The Hall–Kier alpha value is -2.63. The van der Waals surface area contributed by atoms with E-state index in [1.807, 2.05) is 56.3 Å². The molecule has 0 bridgehead atoms. The highest BCUT2D eigenvalue weighted by Crippen LogP contribution is 2.28. The molecule has 3 rings (SSSR count). The molecule has 0 radical (unpaired) electrons. The second kappa shape index (κ2) is 6.24. The van der Waals surface area contributed by atoms with Crippen LogP contribution in [0.2, 0.25) is 0 Å². The van der Waals surface area contributed by atoms with Crippen molar-refractivity contribution in [3.8, 4) is 0 Å². The molecule has 0 fully saturated rings. The summed E-state index contributed by atoms with van der Waals surface area (Å²) in [6.45, 7) is 3.09. The van der Waals surface area contributed by atoms with Crippen molar-refractivity contribution in [2.75, 3.05) is 19.0 Å². The third-order valence-corrected chi connectivity index (χ3v) is 3.76. The van der Waals surface area contributed by atoms with Crippen LogP contribution in [0.1, 0.15) is 22.6 Å². The lowest BCUT2D eigenvalue weighted by atomic mass is 10.2. The smallest absolute Gasteiger partial charge is 0.410 e. The van der Waals surface area contributed by atoms with E-state index in [0.29, 0.717) is 18.9 Å². The number of aryl methyl sites for hydroxylation is 1. The molecule has 0 atom stereocenters. The van der Waals surface area contributed by atoms with Crippen molar-refractivity contribution in [1.82, 2.24) is 14.9 Å². The van der Waals surface area contributed by atoms with Crippen LogP contribution in [0.15, 0.2) is 30.3 Å². The Labute approximate surface area is 135 Å². The summed E-state index contributed by atoms with van der Waals surface area (Å²) in [5, 5.41) is 0. The van der Waals surface area contributed by atoms with E-state index >= 15 is 0 Å². The topological polar surface area (TPSA) is 58.6 Å². The molecule has 1 aromatic carbocycles. The predicted octanol–water partition coefficient (Wildman–Crippen LogP) is 2.50. The van der Waals surface area contributed by atoms with E-state index in [9.17, 15) is 4.79 Å². The first-order chi connectivity index (χ1) is 11.0. The zero-order valence-electron chi connectivity index (χ0n) is 13.6. The summed E-state index contributed by atoms with van der Waals surface area (Å²) in [5.74, 6) is 1.58. The Bertz CT molecular complexity index is 716. The molecule has 6 nitrogen and oxygen atoms in total. The van der Waals surface area contributed by atoms with Crippen molar-refractivity contribution in [1.29, 1.82) is 0 Å². The van der Waals surface area contributed by atoms with Gasteiger partial charge in [0.2, 0.25) is 0 Å². The minimum absolute atomic E-state index is 0.276. The summed E-state index contributed by atoms with van der Waals surface area (Å²) in [4.78, 5) is 24.8. The second-order valence-corrected chi connectivity index (χ2v) is 5.81. The molecular weight excluding hydrogens is 292 g/mol. The number of nitrogens with zero attached hydrogens (tertiary/aromatic N) is 4. The number of rotatable bonds is 3. The van der Waals surface area contributed by atoms with Gasteiger partial charge < -0.3 is 9.64 Å². The number of anilines is 1. The number of benzene rings is 1. The van der Waals surface area contributed by atoms with Crippen LogP contribution < -0.4 is 4.90 Å². The molecule has 120 valence electrons. The maximum atomic E-state index is 12.3. The van der Waals surface area contributed by atoms with E-state index in [1.54, 1.807) is 4.90 Å². The number of hydrogen-bond acceptors (Lipinski definition) is 5. The monoisotopic (exact) mass is 312 g/mol. The second-order valence-electron chi connectivity index (χ2n) is 5.81. The van der Waals surface area contributed by atoms with Gasteiger partial charge in [-0.1, -0.05) is 30.3 Å². The van der Waals surface area contributed by atoms with Crippen molar-refractivity contribution >= 4 is 11.9 Å².